The van der Waals surface area contributed by atoms with Crippen LogP contribution in [0.5, 0.6) is 0 Å². The molecule has 0 spiro atoms. The number of hydrogen-bond acceptors (Lipinski definition) is 5. The van der Waals surface area contributed by atoms with Crippen molar-refractivity contribution in [3.8, 4) is 16.8 Å². The Kier molecular flexibility index (Phi) is 7.21. The summed E-state index contributed by atoms with van der Waals surface area (Å²) in [7, 11) is -1.86. The number of ether oxygens (including phenoxy) is 1. The third-order valence-corrected chi connectivity index (χ3v) is 13.3. The summed E-state index contributed by atoms with van der Waals surface area (Å²) in [6, 6.07) is 16.1. The molecule has 9 heteroatoms. The number of imidazole rings is 1. The summed E-state index contributed by atoms with van der Waals surface area (Å²) in [5.74, 6) is 0.393. The number of aromatic amines is 1. The first-order valence-electron chi connectivity index (χ1n) is 14.5. The maximum Gasteiger partial charge on any atom is 0.334 e. The van der Waals surface area contributed by atoms with Crippen LogP contribution in [0.25, 0.3) is 39.0 Å². The molecule has 1 aromatic carbocycles. The van der Waals surface area contributed by atoms with Crippen LogP contribution in [0.1, 0.15) is 39.3 Å². The van der Waals surface area contributed by atoms with Gasteiger partial charge in [-0.25, -0.2) is 19.3 Å². The number of rotatable bonds is 7. The van der Waals surface area contributed by atoms with Crippen LogP contribution in [0.15, 0.2) is 65.7 Å². The Hall–Kier alpha value is -3.53. The van der Waals surface area contributed by atoms with Gasteiger partial charge < -0.3 is 14.1 Å². The largest absolute Gasteiger partial charge is 0.411 e. The van der Waals surface area contributed by atoms with Crippen molar-refractivity contribution in [1.29, 1.82) is 0 Å². The molecule has 5 aromatic rings. The molecule has 5 heterocycles. The van der Waals surface area contributed by atoms with Crippen LogP contribution in [0.2, 0.25) is 18.1 Å². The summed E-state index contributed by atoms with van der Waals surface area (Å²) in [6.07, 6.45) is 5.62. The second-order valence-electron chi connectivity index (χ2n) is 12.7. The van der Waals surface area contributed by atoms with Gasteiger partial charge in [0.15, 0.2) is 14.0 Å². The monoisotopic (exact) mass is 569 g/mol. The van der Waals surface area contributed by atoms with Crippen molar-refractivity contribution in [2.75, 3.05) is 13.2 Å². The molecule has 0 bridgehead atoms. The summed E-state index contributed by atoms with van der Waals surface area (Å²) in [4.78, 5) is 26.8. The summed E-state index contributed by atoms with van der Waals surface area (Å²) in [5, 5.41) is 1.18. The topological polar surface area (TPSA) is 87.0 Å². The summed E-state index contributed by atoms with van der Waals surface area (Å²) >= 11 is 0. The van der Waals surface area contributed by atoms with Crippen LogP contribution in [0.3, 0.4) is 0 Å². The van der Waals surface area contributed by atoms with Gasteiger partial charge in [0.25, 0.3) is 0 Å². The minimum Gasteiger partial charge on any atom is -0.411 e. The highest BCUT2D eigenvalue weighted by atomic mass is 28.4. The standard InChI is InChI=1S/C32H39N5O3Si/c1-32(2,3)41(4,5)40-21-26-16-23-15-24(18-33-29(23)35-26)25-17-28-30(34-19-25)37(27-9-7-6-8-10-27)31(38)36(28)20-22-11-13-39-14-12-22/h6-10,15-19,22H,11-14,20-21H2,1-5H3,(H,33,35). The van der Waals surface area contributed by atoms with E-state index in [4.69, 9.17) is 19.1 Å². The van der Waals surface area contributed by atoms with Gasteiger partial charge in [-0.1, -0.05) is 39.0 Å². The van der Waals surface area contributed by atoms with E-state index in [1.165, 1.54) is 0 Å². The Balaban J connectivity index is 1.37. The molecule has 0 atom stereocenters. The fourth-order valence-electron chi connectivity index (χ4n) is 5.24. The zero-order valence-corrected chi connectivity index (χ0v) is 25.6. The smallest absolute Gasteiger partial charge is 0.334 e. The van der Waals surface area contributed by atoms with Gasteiger partial charge >= 0.3 is 5.69 Å². The molecular weight excluding hydrogens is 530 g/mol. The van der Waals surface area contributed by atoms with Crippen LogP contribution in [0, 0.1) is 5.92 Å². The van der Waals surface area contributed by atoms with E-state index < -0.39 is 8.32 Å². The molecular formula is C32H39N5O3Si. The summed E-state index contributed by atoms with van der Waals surface area (Å²) in [5.41, 5.74) is 6.00. The lowest BCUT2D eigenvalue weighted by atomic mass is 10.0. The van der Waals surface area contributed by atoms with Crippen LogP contribution in [-0.2, 0) is 22.3 Å². The zero-order valence-electron chi connectivity index (χ0n) is 24.6. The second-order valence-corrected chi connectivity index (χ2v) is 17.5. The summed E-state index contributed by atoms with van der Waals surface area (Å²) < 4.78 is 15.6. The van der Waals surface area contributed by atoms with Crippen molar-refractivity contribution in [2.45, 2.75) is 64.9 Å². The number of aromatic nitrogens is 5. The molecule has 1 saturated heterocycles. The lowest BCUT2D eigenvalue weighted by Crippen LogP contribution is -2.40. The highest BCUT2D eigenvalue weighted by molar-refractivity contribution is 6.74. The molecule has 0 saturated carbocycles. The average Bonchev–Trinajstić information content (AvgIpc) is 3.49. The first-order chi connectivity index (χ1) is 19.6. The van der Waals surface area contributed by atoms with Gasteiger partial charge in [0.05, 0.1) is 17.8 Å². The number of nitrogens with zero attached hydrogens (tertiary/aromatic N) is 4. The number of H-pyrrole nitrogens is 1. The van der Waals surface area contributed by atoms with E-state index in [2.05, 4.69) is 57.0 Å². The minimum atomic E-state index is -1.86. The summed E-state index contributed by atoms with van der Waals surface area (Å²) in [6.45, 7) is 14.0. The Labute approximate surface area is 241 Å². The fourth-order valence-corrected chi connectivity index (χ4v) is 6.19. The van der Waals surface area contributed by atoms with Crippen LogP contribution in [-0.4, -0.2) is 45.6 Å². The molecule has 1 aliphatic heterocycles. The molecule has 4 aromatic heterocycles. The maximum absolute atomic E-state index is 13.8. The van der Waals surface area contributed by atoms with Crippen molar-refractivity contribution in [1.82, 2.24) is 24.1 Å². The molecule has 41 heavy (non-hydrogen) atoms. The van der Waals surface area contributed by atoms with E-state index in [0.717, 1.165) is 65.1 Å². The first kappa shape index (κ1) is 27.6. The van der Waals surface area contributed by atoms with E-state index >= 15 is 0 Å². The molecule has 0 amide bonds. The molecule has 1 fully saturated rings. The maximum atomic E-state index is 13.8. The molecule has 0 aliphatic carbocycles. The SMILES string of the molecule is CC(C)(C)[Si](C)(C)OCc1cc2cc(-c3cnc4c(c3)n(CC3CCOCC3)c(=O)n4-c3ccccc3)cnc2[nH]1. The molecule has 1 N–H and O–H groups in total. The molecule has 214 valence electrons. The van der Waals surface area contributed by atoms with Crippen LogP contribution < -0.4 is 5.69 Å². The van der Waals surface area contributed by atoms with Crippen molar-refractivity contribution < 1.29 is 9.16 Å². The molecule has 1 aliphatic rings. The number of nitrogens with one attached hydrogen (secondary N) is 1. The second kappa shape index (κ2) is 10.7. The van der Waals surface area contributed by atoms with Crippen molar-refractivity contribution in [3.05, 3.63) is 77.1 Å². The van der Waals surface area contributed by atoms with Gasteiger partial charge in [0.1, 0.15) is 5.65 Å². The predicted octanol–water partition coefficient (Wildman–Crippen LogP) is 6.68. The van der Waals surface area contributed by atoms with Crippen LogP contribution in [0.4, 0.5) is 0 Å². The highest BCUT2D eigenvalue weighted by Crippen LogP contribution is 2.37. The van der Waals surface area contributed by atoms with Gasteiger partial charge in [-0.3, -0.25) is 4.57 Å². The highest BCUT2D eigenvalue weighted by Gasteiger charge is 2.37. The minimum absolute atomic E-state index is 0.0621. The quantitative estimate of drug-likeness (QED) is 0.221. The molecule has 0 unspecified atom stereocenters. The van der Waals surface area contributed by atoms with Crippen LogP contribution >= 0.6 is 0 Å². The lowest BCUT2D eigenvalue weighted by molar-refractivity contribution is 0.0613. The van der Waals surface area contributed by atoms with E-state index in [1.807, 2.05) is 47.3 Å². The zero-order chi connectivity index (χ0) is 28.8. The number of fused-ring (bicyclic) bond motifs is 2. The van der Waals surface area contributed by atoms with Gasteiger partial charge in [0, 0.05) is 54.4 Å². The first-order valence-corrected chi connectivity index (χ1v) is 17.4. The van der Waals surface area contributed by atoms with E-state index in [1.54, 1.807) is 4.57 Å². The Bertz CT molecular complexity index is 1740. The van der Waals surface area contributed by atoms with Crippen molar-refractivity contribution in [2.24, 2.45) is 5.92 Å². The van der Waals surface area contributed by atoms with E-state index in [-0.39, 0.29) is 10.7 Å². The molecule has 0 radical (unpaired) electrons. The number of pyridine rings is 2. The normalized spacial score (nSPS) is 15.2. The lowest BCUT2D eigenvalue weighted by Gasteiger charge is -2.36. The molecule has 6 rings (SSSR count). The Morgan fingerprint density at radius 3 is 2.46 bits per heavy atom. The number of hydrogen-bond donors (Lipinski definition) is 1. The third kappa shape index (κ3) is 5.41. The van der Waals surface area contributed by atoms with Crippen molar-refractivity contribution >= 4 is 30.5 Å². The number of benzene rings is 1. The Morgan fingerprint density at radius 2 is 1.73 bits per heavy atom. The number of para-hydroxylation sites is 1. The van der Waals surface area contributed by atoms with E-state index in [0.29, 0.717) is 24.7 Å². The fraction of sp³-hybridized carbons (Fsp3) is 0.406. The average molecular weight is 570 g/mol. The van der Waals surface area contributed by atoms with Crippen molar-refractivity contribution in [3.63, 3.8) is 0 Å². The Morgan fingerprint density at radius 1 is 1.02 bits per heavy atom. The van der Waals surface area contributed by atoms with E-state index in [9.17, 15) is 4.79 Å². The predicted molar refractivity (Wildman–Crippen MR) is 166 cm³/mol. The third-order valence-electron chi connectivity index (χ3n) is 8.82. The van der Waals surface area contributed by atoms with Gasteiger partial charge in [0.2, 0.25) is 0 Å². The van der Waals surface area contributed by atoms with Gasteiger partial charge in [-0.15, -0.1) is 0 Å². The van der Waals surface area contributed by atoms with Gasteiger partial charge in [-0.05, 0) is 67.2 Å². The van der Waals surface area contributed by atoms with Gasteiger partial charge in [-0.2, -0.15) is 0 Å². The molecule has 8 nitrogen and oxygen atoms in total.